The van der Waals surface area contributed by atoms with Crippen molar-refractivity contribution >= 4 is 11.9 Å². The zero-order valence-electron chi connectivity index (χ0n) is 13.1. The number of nitrogens with zero attached hydrogens (tertiary/aromatic N) is 2. The molecule has 1 heterocycles. The second kappa shape index (κ2) is 5.50. The summed E-state index contributed by atoms with van der Waals surface area (Å²) in [5, 5.41) is 7.12. The van der Waals surface area contributed by atoms with Gasteiger partial charge in [-0.2, -0.15) is 5.10 Å². The molecule has 116 valence electrons. The molecule has 1 amide bonds. The first kappa shape index (κ1) is 15.5. The molecule has 0 unspecified atom stereocenters. The minimum atomic E-state index is -0.732. The standard InChI is InChI=1S/C15H23N3O3/c1-14(2,13(20)21-4)15(6-5-7-15)17-12(19)8-11-9-16-18(3)10-11/h9-10H,5-8H2,1-4H3,(H,17,19). The van der Waals surface area contributed by atoms with E-state index in [4.69, 9.17) is 4.74 Å². The van der Waals surface area contributed by atoms with Gasteiger partial charge in [0.1, 0.15) is 0 Å². The third-order valence-electron chi connectivity index (χ3n) is 4.60. The molecule has 1 aliphatic rings. The average molecular weight is 293 g/mol. The van der Waals surface area contributed by atoms with Crippen LogP contribution in [0.4, 0.5) is 0 Å². The summed E-state index contributed by atoms with van der Waals surface area (Å²) in [5.41, 5.74) is -0.371. The van der Waals surface area contributed by atoms with Crippen LogP contribution in [0, 0.1) is 5.41 Å². The molecule has 1 fully saturated rings. The maximum atomic E-state index is 12.3. The smallest absolute Gasteiger partial charge is 0.313 e. The van der Waals surface area contributed by atoms with Crippen molar-refractivity contribution in [2.24, 2.45) is 12.5 Å². The fourth-order valence-electron chi connectivity index (χ4n) is 2.95. The van der Waals surface area contributed by atoms with Crippen LogP contribution in [-0.4, -0.2) is 34.3 Å². The molecule has 0 radical (unpaired) electrons. The topological polar surface area (TPSA) is 73.2 Å². The van der Waals surface area contributed by atoms with Gasteiger partial charge in [0.2, 0.25) is 5.91 Å². The molecule has 0 aliphatic heterocycles. The Bertz CT molecular complexity index is 544. The second-order valence-corrected chi connectivity index (χ2v) is 6.30. The zero-order valence-corrected chi connectivity index (χ0v) is 13.1. The highest BCUT2D eigenvalue weighted by molar-refractivity contribution is 5.83. The fraction of sp³-hybridized carbons (Fsp3) is 0.667. The van der Waals surface area contributed by atoms with E-state index in [0.29, 0.717) is 0 Å². The summed E-state index contributed by atoms with van der Waals surface area (Å²) in [7, 11) is 3.20. The van der Waals surface area contributed by atoms with Crippen molar-refractivity contribution in [1.29, 1.82) is 0 Å². The molecule has 21 heavy (non-hydrogen) atoms. The lowest BCUT2D eigenvalue weighted by molar-refractivity contribution is -0.160. The third kappa shape index (κ3) is 2.80. The molecule has 0 saturated heterocycles. The Hall–Kier alpha value is -1.85. The van der Waals surface area contributed by atoms with E-state index < -0.39 is 11.0 Å². The number of nitrogens with one attached hydrogen (secondary N) is 1. The molecule has 0 bridgehead atoms. The Morgan fingerprint density at radius 3 is 2.57 bits per heavy atom. The van der Waals surface area contributed by atoms with Gasteiger partial charge in [-0.1, -0.05) is 0 Å². The molecule has 1 aliphatic carbocycles. The first-order valence-corrected chi connectivity index (χ1v) is 7.18. The number of amides is 1. The summed E-state index contributed by atoms with van der Waals surface area (Å²) in [5.74, 6) is -0.372. The molecule has 0 atom stereocenters. The predicted molar refractivity (Wildman–Crippen MR) is 77.4 cm³/mol. The van der Waals surface area contributed by atoms with E-state index in [1.165, 1.54) is 7.11 Å². The maximum absolute atomic E-state index is 12.3. The summed E-state index contributed by atoms with van der Waals surface area (Å²) < 4.78 is 6.56. The van der Waals surface area contributed by atoms with Crippen molar-refractivity contribution < 1.29 is 14.3 Å². The fourth-order valence-corrected chi connectivity index (χ4v) is 2.95. The largest absolute Gasteiger partial charge is 0.469 e. The number of aromatic nitrogens is 2. The highest BCUT2D eigenvalue weighted by Gasteiger charge is 2.55. The molecule has 1 aromatic rings. The van der Waals surface area contributed by atoms with Gasteiger partial charge in [-0.05, 0) is 38.7 Å². The summed E-state index contributed by atoms with van der Waals surface area (Å²) in [6.45, 7) is 3.67. The second-order valence-electron chi connectivity index (χ2n) is 6.30. The van der Waals surface area contributed by atoms with E-state index in [2.05, 4.69) is 10.4 Å². The normalized spacial score (nSPS) is 17.0. The lowest BCUT2D eigenvalue weighted by Gasteiger charge is -2.51. The van der Waals surface area contributed by atoms with Crippen LogP contribution in [0.1, 0.15) is 38.7 Å². The average Bonchev–Trinajstić information content (AvgIpc) is 2.77. The summed E-state index contributed by atoms with van der Waals surface area (Å²) >= 11 is 0. The van der Waals surface area contributed by atoms with Gasteiger partial charge >= 0.3 is 5.97 Å². The Morgan fingerprint density at radius 1 is 1.48 bits per heavy atom. The van der Waals surface area contributed by atoms with Crippen LogP contribution < -0.4 is 5.32 Å². The molecule has 0 spiro atoms. The Labute approximate surface area is 124 Å². The van der Waals surface area contributed by atoms with Crippen molar-refractivity contribution in [3.63, 3.8) is 0 Å². The van der Waals surface area contributed by atoms with Crippen LogP contribution in [0.2, 0.25) is 0 Å². The van der Waals surface area contributed by atoms with Gasteiger partial charge in [0.05, 0.1) is 30.7 Å². The van der Waals surface area contributed by atoms with Crippen LogP contribution in [0.3, 0.4) is 0 Å². The van der Waals surface area contributed by atoms with Crippen LogP contribution >= 0.6 is 0 Å². The van der Waals surface area contributed by atoms with Crippen molar-refractivity contribution in [2.75, 3.05) is 7.11 Å². The number of carbonyl (C=O) groups is 2. The molecule has 1 N–H and O–H groups in total. The number of rotatable bonds is 5. The number of hydrogen-bond acceptors (Lipinski definition) is 4. The molecule has 1 aromatic heterocycles. The molecular weight excluding hydrogens is 270 g/mol. The highest BCUT2D eigenvalue weighted by atomic mass is 16.5. The van der Waals surface area contributed by atoms with Crippen LogP contribution in [0.25, 0.3) is 0 Å². The molecule has 0 aromatic carbocycles. The van der Waals surface area contributed by atoms with Crippen molar-refractivity contribution in [2.45, 2.75) is 45.1 Å². The Morgan fingerprint density at radius 2 is 2.14 bits per heavy atom. The van der Waals surface area contributed by atoms with Crippen LogP contribution in [0.15, 0.2) is 12.4 Å². The molecular formula is C15H23N3O3. The Kier molecular flexibility index (Phi) is 4.07. The minimum absolute atomic E-state index is 0.0836. The Balaban J connectivity index is 2.08. The van der Waals surface area contributed by atoms with E-state index in [0.717, 1.165) is 24.8 Å². The van der Waals surface area contributed by atoms with Gasteiger partial charge in [-0.3, -0.25) is 14.3 Å². The van der Waals surface area contributed by atoms with Gasteiger partial charge in [0, 0.05) is 13.2 Å². The summed E-state index contributed by atoms with van der Waals surface area (Å²) in [4.78, 5) is 24.3. The van der Waals surface area contributed by atoms with E-state index in [1.54, 1.807) is 10.9 Å². The predicted octanol–water partition coefficient (Wildman–Crippen LogP) is 1.20. The lowest BCUT2D eigenvalue weighted by atomic mass is 9.60. The lowest BCUT2D eigenvalue weighted by Crippen LogP contribution is -2.65. The van der Waals surface area contributed by atoms with E-state index in [-0.39, 0.29) is 18.3 Å². The third-order valence-corrected chi connectivity index (χ3v) is 4.60. The number of esters is 1. The summed E-state index contributed by atoms with van der Waals surface area (Å²) in [6.07, 6.45) is 6.37. The van der Waals surface area contributed by atoms with Gasteiger partial charge in [-0.25, -0.2) is 0 Å². The van der Waals surface area contributed by atoms with Gasteiger partial charge < -0.3 is 10.1 Å². The number of methoxy groups -OCH3 is 1. The van der Waals surface area contributed by atoms with Crippen molar-refractivity contribution in [3.05, 3.63) is 18.0 Å². The van der Waals surface area contributed by atoms with Crippen molar-refractivity contribution in [3.8, 4) is 0 Å². The number of aryl methyl sites for hydroxylation is 1. The zero-order chi connectivity index (χ0) is 15.7. The molecule has 1 saturated carbocycles. The van der Waals surface area contributed by atoms with E-state index in [9.17, 15) is 9.59 Å². The van der Waals surface area contributed by atoms with E-state index in [1.807, 2.05) is 27.1 Å². The van der Waals surface area contributed by atoms with E-state index >= 15 is 0 Å². The maximum Gasteiger partial charge on any atom is 0.313 e. The highest BCUT2D eigenvalue weighted by Crippen LogP contribution is 2.46. The quantitative estimate of drug-likeness (QED) is 0.828. The molecule has 6 heteroatoms. The van der Waals surface area contributed by atoms with Crippen LogP contribution in [0.5, 0.6) is 0 Å². The molecule has 6 nitrogen and oxygen atoms in total. The number of ether oxygens (including phenoxy) is 1. The first-order valence-electron chi connectivity index (χ1n) is 7.18. The monoisotopic (exact) mass is 293 g/mol. The van der Waals surface area contributed by atoms with Crippen LogP contribution in [-0.2, 0) is 27.8 Å². The summed E-state index contributed by atoms with van der Waals surface area (Å²) in [6, 6.07) is 0. The van der Waals surface area contributed by atoms with Gasteiger partial charge in [0.15, 0.2) is 0 Å². The van der Waals surface area contributed by atoms with Gasteiger partial charge in [0.25, 0.3) is 0 Å². The minimum Gasteiger partial charge on any atom is -0.469 e. The number of hydrogen-bond donors (Lipinski definition) is 1. The van der Waals surface area contributed by atoms with Crippen molar-refractivity contribution in [1.82, 2.24) is 15.1 Å². The first-order chi connectivity index (χ1) is 9.80. The SMILES string of the molecule is COC(=O)C(C)(C)C1(NC(=O)Cc2cnn(C)c2)CCC1. The molecule has 2 rings (SSSR count). The number of carbonyl (C=O) groups excluding carboxylic acids is 2. The van der Waals surface area contributed by atoms with Gasteiger partial charge in [-0.15, -0.1) is 0 Å².